The summed E-state index contributed by atoms with van der Waals surface area (Å²) in [5, 5.41) is 13.7. The van der Waals surface area contributed by atoms with Gasteiger partial charge < -0.3 is 10.4 Å². The first-order valence-electron chi connectivity index (χ1n) is 8.24. The van der Waals surface area contributed by atoms with Crippen molar-refractivity contribution in [2.45, 2.75) is 104 Å². The van der Waals surface area contributed by atoms with E-state index in [1.807, 2.05) is 6.92 Å². The maximum absolute atomic E-state index is 10.3. The smallest absolute Gasteiger partial charge is 0.0743 e. The van der Waals surface area contributed by atoms with Crippen LogP contribution < -0.4 is 5.32 Å². The summed E-state index contributed by atoms with van der Waals surface area (Å²) in [5.74, 6) is 0. The van der Waals surface area contributed by atoms with Gasteiger partial charge in [-0.15, -0.1) is 0 Å². The third kappa shape index (κ3) is 14.1. The number of β-amino-alcohol motifs (C(OH)–C–C–N with tert-alkyl or cyclic N) is 1. The van der Waals surface area contributed by atoms with E-state index in [1.165, 1.54) is 44.9 Å². The first kappa shape index (κ1) is 18.9. The van der Waals surface area contributed by atoms with Gasteiger partial charge in [0.05, 0.1) is 5.60 Å². The Morgan fingerprint density at radius 3 is 1.74 bits per heavy atom. The summed E-state index contributed by atoms with van der Waals surface area (Å²) in [4.78, 5) is 0. The van der Waals surface area contributed by atoms with Crippen LogP contribution in [0.25, 0.3) is 0 Å². The van der Waals surface area contributed by atoms with Gasteiger partial charge in [0, 0.05) is 12.1 Å². The number of hydrogen-bond acceptors (Lipinski definition) is 2. The van der Waals surface area contributed by atoms with E-state index in [9.17, 15) is 5.11 Å². The highest BCUT2D eigenvalue weighted by molar-refractivity contribution is 4.80. The molecule has 2 N–H and O–H groups in total. The van der Waals surface area contributed by atoms with Crippen LogP contribution in [0.4, 0.5) is 0 Å². The molecular formula is C17H37NO. The Kier molecular flexibility index (Phi) is 9.72. The van der Waals surface area contributed by atoms with E-state index in [2.05, 4.69) is 33.0 Å². The minimum Gasteiger partial charge on any atom is -0.389 e. The molecule has 0 amide bonds. The zero-order valence-corrected chi connectivity index (χ0v) is 14.0. The second-order valence-corrected chi connectivity index (χ2v) is 7.33. The molecule has 0 aromatic heterocycles. The molecule has 2 nitrogen and oxygen atoms in total. The maximum Gasteiger partial charge on any atom is 0.0743 e. The molecule has 1 atom stereocenters. The third-order valence-corrected chi connectivity index (χ3v) is 3.57. The molecule has 19 heavy (non-hydrogen) atoms. The zero-order valence-electron chi connectivity index (χ0n) is 14.0. The van der Waals surface area contributed by atoms with Crippen LogP contribution >= 0.6 is 0 Å². The lowest BCUT2D eigenvalue weighted by molar-refractivity contribution is 0.0419. The van der Waals surface area contributed by atoms with E-state index < -0.39 is 5.60 Å². The Balaban J connectivity index is 3.48. The van der Waals surface area contributed by atoms with Crippen LogP contribution in [0.5, 0.6) is 0 Å². The van der Waals surface area contributed by atoms with E-state index in [-0.39, 0.29) is 5.54 Å². The zero-order chi connectivity index (χ0) is 14.8. The molecule has 0 bridgehead atoms. The molecule has 0 fully saturated rings. The normalized spacial score (nSPS) is 15.5. The van der Waals surface area contributed by atoms with Gasteiger partial charge in [0.1, 0.15) is 0 Å². The minimum atomic E-state index is -0.560. The molecule has 0 spiro atoms. The number of hydrogen-bond donors (Lipinski definition) is 2. The van der Waals surface area contributed by atoms with Crippen molar-refractivity contribution >= 4 is 0 Å². The Labute approximate surface area is 121 Å². The van der Waals surface area contributed by atoms with Crippen molar-refractivity contribution in [3.63, 3.8) is 0 Å². The molecule has 2 heteroatoms. The van der Waals surface area contributed by atoms with Crippen molar-refractivity contribution in [1.29, 1.82) is 0 Å². The standard InChI is InChI=1S/C17H37NO/c1-6-7-8-9-10-11-12-13-14-17(5,19)15-18-16(2,3)4/h18-19H,6-15H2,1-5H3. The molecule has 0 aliphatic rings. The summed E-state index contributed by atoms with van der Waals surface area (Å²) in [5.41, 5.74) is -0.473. The van der Waals surface area contributed by atoms with E-state index in [4.69, 9.17) is 0 Å². The summed E-state index contributed by atoms with van der Waals surface area (Å²) < 4.78 is 0. The second kappa shape index (κ2) is 9.77. The van der Waals surface area contributed by atoms with Gasteiger partial charge in [-0.3, -0.25) is 0 Å². The predicted molar refractivity (Wildman–Crippen MR) is 85.6 cm³/mol. The van der Waals surface area contributed by atoms with Crippen molar-refractivity contribution in [3.8, 4) is 0 Å². The van der Waals surface area contributed by atoms with Crippen LogP contribution in [0.3, 0.4) is 0 Å². The first-order valence-corrected chi connectivity index (χ1v) is 8.24. The largest absolute Gasteiger partial charge is 0.389 e. The van der Waals surface area contributed by atoms with E-state index in [0.717, 1.165) is 12.8 Å². The Morgan fingerprint density at radius 1 is 0.789 bits per heavy atom. The lowest BCUT2D eigenvalue weighted by Gasteiger charge is -2.29. The van der Waals surface area contributed by atoms with Crippen LogP contribution in [-0.2, 0) is 0 Å². The minimum absolute atomic E-state index is 0.0866. The van der Waals surface area contributed by atoms with Gasteiger partial charge in [-0.2, -0.15) is 0 Å². The summed E-state index contributed by atoms with van der Waals surface area (Å²) in [6.07, 6.45) is 11.5. The van der Waals surface area contributed by atoms with Crippen LogP contribution in [0.15, 0.2) is 0 Å². The molecule has 1 unspecified atom stereocenters. The van der Waals surface area contributed by atoms with Crippen molar-refractivity contribution in [2.24, 2.45) is 0 Å². The van der Waals surface area contributed by atoms with E-state index in [0.29, 0.717) is 6.54 Å². The molecule has 0 heterocycles. The van der Waals surface area contributed by atoms with Crippen LogP contribution in [0.2, 0.25) is 0 Å². The van der Waals surface area contributed by atoms with Crippen molar-refractivity contribution < 1.29 is 5.11 Å². The average Bonchev–Trinajstić information content (AvgIpc) is 2.29. The summed E-state index contributed by atoms with van der Waals surface area (Å²) in [7, 11) is 0. The topological polar surface area (TPSA) is 32.3 Å². The van der Waals surface area contributed by atoms with Gasteiger partial charge in [0.15, 0.2) is 0 Å². The molecule has 116 valence electrons. The molecule has 0 aliphatic carbocycles. The van der Waals surface area contributed by atoms with Gasteiger partial charge in [0.25, 0.3) is 0 Å². The number of rotatable bonds is 11. The van der Waals surface area contributed by atoms with Crippen molar-refractivity contribution in [2.75, 3.05) is 6.54 Å². The molecule has 0 rings (SSSR count). The highest BCUT2D eigenvalue weighted by Gasteiger charge is 2.22. The average molecular weight is 271 g/mol. The fourth-order valence-corrected chi connectivity index (χ4v) is 2.18. The number of unbranched alkanes of at least 4 members (excludes halogenated alkanes) is 7. The van der Waals surface area contributed by atoms with E-state index in [1.54, 1.807) is 0 Å². The first-order chi connectivity index (χ1) is 8.77. The molecular weight excluding hydrogens is 234 g/mol. The monoisotopic (exact) mass is 271 g/mol. The van der Waals surface area contributed by atoms with Crippen LogP contribution in [-0.4, -0.2) is 22.8 Å². The second-order valence-electron chi connectivity index (χ2n) is 7.33. The lowest BCUT2D eigenvalue weighted by Crippen LogP contribution is -2.46. The molecule has 0 saturated heterocycles. The fourth-order valence-electron chi connectivity index (χ4n) is 2.18. The number of nitrogens with one attached hydrogen (secondary N) is 1. The Morgan fingerprint density at radius 2 is 1.26 bits per heavy atom. The molecule has 0 saturated carbocycles. The highest BCUT2D eigenvalue weighted by Crippen LogP contribution is 2.16. The quantitative estimate of drug-likeness (QED) is 0.536. The molecule has 0 aliphatic heterocycles. The van der Waals surface area contributed by atoms with Gasteiger partial charge >= 0.3 is 0 Å². The summed E-state index contributed by atoms with van der Waals surface area (Å²) in [6, 6.07) is 0. The lowest BCUT2D eigenvalue weighted by atomic mass is 9.96. The molecule has 0 radical (unpaired) electrons. The van der Waals surface area contributed by atoms with Crippen molar-refractivity contribution in [1.82, 2.24) is 5.32 Å². The van der Waals surface area contributed by atoms with Gasteiger partial charge in [0.2, 0.25) is 0 Å². The Bertz CT molecular complexity index is 206. The van der Waals surface area contributed by atoms with E-state index >= 15 is 0 Å². The van der Waals surface area contributed by atoms with Crippen molar-refractivity contribution in [3.05, 3.63) is 0 Å². The van der Waals surface area contributed by atoms with Crippen LogP contribution in [0, 0.1) is 0 Å². The predicted octanol–water partition coefficient (Wildman–Crippen LogP) is 4.66. The van der Waals surface area contributed by atoms with Gasteiger partial charge in [-0.1, -0.05) is 58.3 Å². The third-order valence-electron chi connectivity index (χ3n) is 3.57. The maximum atomic E-state index is 10.3. The summed E-state index contributed by atoms with van der Waals surface area (Å²) >= 11 is 0. The fraction of sp³-hybridized carbons (Fsp3) is 1.00. The van der Waals surface area contributed by atoms with Gasteiger partial charge in [-0.25, -0.2) is 0 Å². The molecule has 0 aromatic carbocycles. The molecule has 0 aromatic rings. The number of aliphatic hydroxyl groups is 1. The Hall–Kier alpha value is -0.0800. The SMILES string of the molecule is CCCCCCCCCCC(C)(O)CNC(C)(C)C. The highest BCUT2D eigenvalue weighted by atomic mass is 16.3. The van der Waals surface area contributed by atoms with Crippen LogP contribution in [0.1, 0.15) is 92.4 Å². The van der Waals surface area contributed by atoms with Gasteiger partial charge in [-0.05, 0) is 34.1 Å². The summed E-state index contributed by atoms with van der Waals surface area (Å²) in [6.45, 7) is 11.3.